The summed E-state index contributed by atoms with van der Waals surface area (Å²) in [6.07, 6.45) is 3.32. The smallest absolute Gasteiger partial charge is 0.347 e. The Morgan fingerprint density at radius 2 is 2.29 bits per heavy atom. The van der Waals surface area contributed by atoms with Crippen LogP contribution in [0.25, 0.3) is 0 Å². The topological polar surface area (TPSA) is 70.1 Å². The second-order valence-electron chi connectivity index (χ2n) is 4.49. The van der Waals surface area contributed by atoms with Crippen molar-refractivity contribution in [1.82, 2.24) is 9.55 Å². The van der Waals surface area contributed by atoms with Crippen LogP contribution >= 0.6 is 0 Å². The van der Waals surface area contributed by atoms with Gasteiger partial charge in [0.05, 0.1) is 13.1 Å². The molecule has 0 unspecified atom stereocenters. The average Bonchev–Trinajstić information content (AvgIpc) is 2.49. The van der Waals surface area contributed by atoms with E-state index in [9.17, 15) is 4.79 Å². The first-order valence-corrected chi connectivity index (χ1v) is 6.64. The van der Waals surface area contributed by atoms with E-state index in [1.165, 1.54) is 4.57 Å². The molecule has 0 radical (unpaired) electrons. The zero-order valence-corrected chi connectivity index (χ0v) is 11.9. The number of ether oxygens (including phenoxy) is 1. The normalized spacial score (nSPS) is 9.81. The quantitative estimate of drug-likeness (QED) is 0.848. The summed E-state index contributed by atoms with van der Waals surface area (Å²) in [6.45, 7) is 3.06. The third-order valence-electron chi connectivity index (χ3n) is 2.75. The van der Waals surface area contributed by atoms with E-state index < -0.39 is 0 Å². The van der Waals surface area contributed by atoms with Gasteiger partial charge in [-0.1, -0.05) is 17.9 Å². The number of nitrogens with zero attached hydrogens (tertiary/aromatic N) is 2. The van der Waals surface area contributed by atoms with Gasteiger partial charge in [-0.05, 0) is 30.7 Å². The molecule has 0 fully saturated rings. The second kappa shape index (κ2) is 7.27. The van der Waals surface area contributed by atoms with Gasteiger partial charge in [-0.15, -0.1) is 0 Å². The van der Waals surface area contributed by atoms with Crippen LogP contribution in [-0.4, -0.2) is 22.7 Å². The Bertz CT molecular complexity index is 726. The summed E-state index contributed by atoms with van der Waals surface area (Å²) in [5.41, 5.74) is 6.86. The maximum atomic E-state index is 11.6. The number of hydrogen-bond acceptors (Lipinski definition) is 4. The van der Waals surface area contributed by atoms with Crippen molar-refractivity contribution < 1.29 is 4.74 Å². The summed E-state index contributed by atoms with van der Waals surface area (Å²) < 4.78 is 7.17. The fourth-order valence-electron chi connectivity index (χ4n) is 1.80. The molecule has 0 aliphatic rings. The van der Waals surface area contributed by atoms with Gasteiger partial charge in [0.25, 0.3) is 0 Å². The maximum Gasteiger partial charge on any atom is 0.347 e. The molecule has 5 nitrogen and oxygen atoms in total. The lowest BCUT2D eigenvalue weighted by Crippen LogP contribution is -2.25. The van der Waals surface area contributed by atoms with Crippen molar-refractivity contribution in [3.8, 4) is 17.6 Å². The standard InChI is InChI=1S/C16H17N3O2/c1-13-11-18-16(20)19(12-13)8-9-21-15-6-2-4-14(10-15)5-3-7-17/h2,4,6,10-12H,7-9,17H2,1H3. The maximum absolute atomic E-state index is 11.6. The van der Waals surface area contributed by atoms with Crippen LogP contribution in [0, 0.1) is 18.8 Å². The van der Waals surface area contributed by atoms with E-state index in [1.807, 2.05) is 31.2 Å². The molecule has 1 aromatic carbocycles. The Balaban J connectivity index is 1.97. The Morgan fingerprint density at radius 1 is 1.43 bits per heavy atom. The molecule has 21 heavy (non-hydrogen) atoms. The van der Waals surface area contributed by atoms with E-state index in [-0.39, 0.29) is 5.69 Å². The van der Waals surface area contributed by atoms with Gasteiger partial charge in [-0.25, -0.2) is 9.78 Å². The molecule has 0 amide bonds. The predicted octanol–water partition coefficient (Wildman–Crippen LogP) is 0.941. The van der Waals surface area contributed by atoms with Gasteiger partial charge in [0.2, 0.25) is 0 Å². The lowest BCUT2D eigenvalue weighted by molar-refractivity contribution is 0.295. The van der Waals surface area contributed by atoms with Crippen LogP contribution in [0.1, 0.15) is 11.1 Å². The van der Waals surface area contributed by atoms with Crippen LogP contribution in [0.15, 0.2) is 41.5 Å². The monoisotopic (exact) mass is 283 g/mol. The number of benzene rings is 1. The van der Waals surface area contributed by atoms with E-state index in [1.54, 1.807) is 12.4 Å². The van der Waals surface area contributed by atoms with Gasteiger partial charge < -0.3 is 10.5 Å². The highest BCUT2D eigenvalue weighted by atomic mass is 16.5. The molecular formula is C16H17N3O2. The molecule has 0 aliphatic carbocycles. The van der Waals surface area contributed by atoms with Gasteiger partial charge in [0.1, 0.15) is 12.4 Å². The van der Waals surface area contributed by atoms with Crippen molar-refractivity contribution in [3.63, 3.8) is 0 Å². The van der Waals surface area contributed by atoms with Gasteiger partial charge in [0.15, 0.2) is 0 Å². The summed E-state index contributed by atoms with van der Waals surface area (Å²) in [5, 5.41) is 0. The molecule has 5 heteroatoms. The molecule has 1 aromatic heterocycles. The zero-order valence-electron chi connectivity index (χ0n) is 11.9. The lowest BCUT2D eigenvalue weighted by Gasteiger charge is -2.08. The minimum absolute atomic E-state index is 0.272. The van der Waals surface area contributed by atoms with Crippen LogP contribution < -0.4 is 16.2 Å². The Labute approximate surface area is 123 Å². The van der Waals surface area contributed by atoms with Crippen molar-refractivity contribution >= 4 is 0 Å². The number of rotatable bonds is 4. The van der Waals surface area contributed by atoms with Crippen molar-refractivity contribution in [2.45, 2.75) is 13.5 Å². The molecule has 0 aliphatic heterocycles. The Kier molecular flexibility index (Phi) is 5.13. The van der Waals surface area contributed by atoms with Crippen molar-refractivity contribution in [1.29, 1.82) is 0 Å². The highest BCUT2D eigenvalue weighted by molar-refractivity contribution is 5.39. The van der Waals surface area contributed by atoms with Gasteiger partial charge in [-0.3, -0.25) is 4.57 Å². The van der Waals surface area contributed by atoms with E-state index in [0.717, 1.165) is 11.1 Å². The van der Waals surface area contributed by atoms with E-state index >= 15 is 0 Å². The zero-order chi connectivity index (χ0) is 15.1. The minimum Gasteiger partial charge on any atom is -0.492 e. The van der Waals surface area contributed by atoms with Crippen LogP contribution in [0.3, 0.4) is 0 Å². The van der Waals surface area contributed by atoms with E-state index in [0.29, 0.717) is 25.4 Å². The second-order valence-corrected chi connectivity index (χ2v) is 4.49. The van der Waals surface area contributed by atoms with E-state index in [4.69, 9.17) is 10.5 Å². The fraction of sp³-hybridized carbons (Fsp3) is 0.250. The molecule has 0 spiro atoms. The molecule has 0 saturated carbocycles. The molecule has 1 heterocycles. The molecule has 0 atom stereocenters. The van der Waals surface area contributed by atoms with Crippen molar-refractivity contribution in [3.05, 3.63) is 58.3 Å². The summed E-state index contributed by atoms with van der Waals surface area (Å²) in [4.78, 5) is 15.3. The molecule has 2 aromatic rings. The molecule has 0 bridgehead atoms. The van der Waals surface area contributed by atoms with Crippen molar-refractivity contribution in [2.24, 2.45) is 5.73 Å². The first-order chi connectivity index (χ1) is 10.2. The summed E-state index contributed by atoms with van der Waals surface area (Å²) in [6, 6.07) is 7.46. The third kappa shape index (κ3) is 4.48. The SMILES string of the molecule is Cc1cnc(=O)n(CCOc2cccc(C#CCN)c2)c1. The Morgan fingerprint density at radius 3 is 3.10 bits per heavy atom. The van der Waals surface area contributed by atoms with Gasteiger partial charge in [-0.2, -0.15) is 0 Å². The van der Waals surface area contributed by atoms with E-state index in [2.05, 4.69) is 16.8 Å². The largest absolute Gasteiger partial charge is 0.492 e. The number of hydrogen-bond donors (Lipinski definition) is 1. The summed E-state index contributed by atoms with van der Waals surface area (Å²) in [5.74, 6) is 6.46. The molecule has 2 N–H and O–H groups in total. The van der Waals surface area contributed by atoms with Crippen LogP contribution in [0.2, 0.25) is 0 Å². The first kappa shape index (κ1) is 14.8. The minimum atomic E-state index is -0.272. The van der Waals surface area contributed by atoms with Gasteiger partial charge >= 0.3 is 5.69 Å². The molecule has 108 valence electrons. The highest BCUT2D eigenvalue weighted by Gasteiger charge is 1.99. The third-order valence-corrected chi connectivity index (χ3v) is 2.75. The molecular weight excluding hydrogens is 266 g/mol. The molecule has 2 rings (SSSR count). The number of nitrogens with two attached hydrogens (primary N) is 1. The van der Waals surface area contributed by atoms with Crippen LogP contribution in [0.4, 0.5) is 0 Å². The van der Waals surface area contributed by atoms with Crippen LogP contribution in [0.5, 0.6) is 5.75 Å². The summed E-state index contributed by atoms with van der Waals surface area (Å²) >= 11 is 0. The highest BCUT2D eigenvalue weighted by Crippen LogP contribution is 2.12. The number of aryl methyl sites for hydroxylation is 1. The summed E-state index contributed by atoms with van der Waals surface area (Å²) in [7, 11) is 0. The van der Waals surface area contributed by atoms with Crippen molar-refractivity contribution in [2.75, 3.05) is 13.2 Å². The van der Waals surface area contributed by atoms with Gasteiger partial charge in [0, 0.05) is 18.0 Å². The fourth-order valence-corrected chi connectivity index (χ4v) is 1.80. The Hall–Kier alpha value is -2.58. The molecule has 0 saturated heterocycles. The first-order valence-electron chi connectivity index (χ1n) is 6.64. The van der Waals surface area contributed by atoms with Crippen LogP contribution in [-0.2, 0) is 6.54 Å². The lowest BCUT2D eigenvalue weighted by atomic mass is 10.2. The predicted molar refractivity (Wildman–Crippen MR) is 81.1 cm³/mol. The average molecular weight is 283 g/mol. The number of aromatic nitrogens is 2.